The fourth-order valence-corrected chi connectivity index (χ4v) is 2.82. The predicted molar refractivity (Wildman–Crippen MR) is 64.4 cm³/mol. The molecule has 2 rings (SSSR count). The molecule has 0 bridgehead atoms. The van der Waals surface area contributed by atoms with Gasteiger partial charge in [0.15, 0.2) is 5.79 Å². The van der Waals surface area contributed by atoms with E-state index in [0.717, 1.165) is 0 Å². The van der Waals surface area contributed by atoms with Crippen molar-refractivity contribution in [2.75, 3.05) is 27.3 Å². The SMILES string of the molecule is CN1C(=O)C(CCO)[C@H]([C@H]2COC(C)(C)O2)N1C. The monoisotopic (exact) mass is 258 g/mol. The van der Waals surface area contributed by atoms with E-state index < -0.39 is 5.79 Å². The van der Waals surface area contributed by atoms with Gasteiger partial charge >= 0.3 is 0 Å². The van der Waals surface area contributed by atoms with Crippen molar-refractivity contribution in [3.8, 4) is 0 Å². The number of ether oxygens (including phenoxy) is 2. The van der Waals surface area contributed by atoms with E-state index >= 15 is 0 Å². The molecule has 2 aliphatic heterocycles. The van der Waals surface area contributed by atoms with Crippen molar-refractivity contribution in [1.82, 2.24) is 10.0 Å². The van der Waals surface area contributed by atoms with Crippen molar-refractivity contribution in [3.63, 3.8) is 0 Å². The van der Waals surface area contributed by atoms with E-state index in [4.69, 9.17) is 14.6 Å². The van der Waals surface area contributed by atoms with Gasteiger partial charge in [0.25, 0.3) is 0 Å². The van der Waals surface area contributed by atoms with Crippen molar-refractivity contribution in [2.45, 2.75) is 38.2 Å². The Bertz CT molecular complexity index is 334. The van der Waals surface area contributed by atoms with Crippen LogP contribution in [0.4, 0.5) is 0 Å². The summed E-state index contributed by atoms with van der Waals surface area (Å²) in [5.74, 6) is -0.795. The maximum atomic E-state index is 12.1. The lowest BCUT2D eigenvalue weighted by molar-refractivity contribution is -0.150. The first-order valence-electron chi connectivity index (χ1n) is 6.30. The summed E-state index contributed by atoms with van der Waals surface area (Å²) in [5, 5.41) is 12.6. The van der Waals surface area contributed by atoms with Gasteiger partial charge in [-0.25, -0.2) is 5.01 Å². The van der Waals surface area contributed by atoms with Gasteiger partial charge in [0, 0.05) is 20.7 Å². The smallest absolute Gasteiger partial charge is 0.241 e. The normalized spacial score (nSPS) is 36.6. The van der Waals surface area contributed by atoms with Crippen LogP contribution in [0.25, 0.3) is 0 Å². The number of hydrazine groups is 1. The van der Waals surface area contributed by atoms with Gasteiger partial charge in [-0.2, -0.15) is 0 Å². The van der Waals surface area contributed by atoms with Crippen LogP contribution in [-0.2, 0) is 14.3 Å². The number of amides is 1. The molecule has 0 saturated carbocycles. The molecule has 2 heterocycles. The van der Waals surface area contributed by atoms with E-state index in [9.17, 15) is 4.79 Å². The Morgan fingerprint density at radius 3 is 2.61 bits per heavy atom. The summed E-state index contributed by atoms with van der Waals surface area (Å²) >= 11 is 0. The second-order valence-corrected chi connectivity index (χ2v) is 5.41. The van der Waals surface area contributed by atoms with Gasteiger partial charge in [-0.3, -0.25) is 9.80 Å². The zero-order valence-electron chi connectivity index (χ0n) is 11.4. The molecule has 104 valence electrons. The lowest BCUT2D eigenvalue weighted by Gasteiger charge is -2.30. The second kappa shape index (κ2) is 4.77. The average molecular weight is 258 g/mol. The summed E-state index contributed by atoms with van der Waals surface area (Å²) in [6.45, 7) is 4.22. The fourth-order valence-electron chi connectivity index (χ4n) is 2.82. The van der Waals surface area contributed by atoms with Gasteiger partial charge < -0.3 is 14.6 Å². The standard InChI is InChI=1S/C12H22N2O4/c1-12(2)17-7-9(18-12)10-8(5-6-15)11(16)14(4)13(10)3/h8-10,15H,5-7H2,1-4H3/t8?,9-,10-/m1/s1. The van der Waals surface area contributed by atoms with Gasteiger partial charge in [-0.1, -0.05) is 0 Å². The highest BCUT2D eigenvalue weighted by molar-refractivity contribution is 5.81. The Morgan fingerprint density at radius 2 is 2.11 bits per heavy atom. The number of carbonyl (C=O) groups is 1. The Hall–Kier alpha value is -0.690. The van der Waals surface area contributed by atoms with Crippen LogP contribution in [0, 0.1) is 5.92 Å². The Labute approximate surface area is 107 Å². The molecular weight excluding hydrogens is 236 g/mol. The Morgan fingerprint density at radius 1 is 1.44 bits per heavy atom. The first kappa shape index (κ1) is 13.7. The summed E-state index contributed by atoms with van der Waals surface area (Å²) in [7, 11) is 3.61. The number of likely N-dealkylation sites (N-methyl/N-ethyl adjacent to an activating group) is 1. The third-order valence-corrected chi connectivity index (χ3v) is 3.80. The molecule has 2 aliphatic rings. The van der Waals surface area contributed by atoms with Crippen molar-refractivity contribution in [3.05, 3.63) is 0 Å². The van der Waals surface area contributed by atoms with Crippen LogP contribution >= 0.6 is 0 Å². The molecule has 0 radical (unpaired) electrons. The molecule has 0 aromatic carbocycles. The van der Waals surface area contributed by atoms with Crippen molar-refractivity contribution in [2.24, 2.45) is 5.92 Å². The molecule has 2 fully saturated rings. The minimum Gasteiger partial charge on any atom is -0.396 e. The lowest BCUT2D eigenvalue weighted by Crippen LogP contribution is -2.45. The van der Waals surface area contributed by atoms with Crippen LogP contribution in [0.15, 0.2) is 0 Å². The second-order valence-electron chi connectivity index (χ2n) is 5.41. The lowest BCUT2D eigenvalue weighted by atomic mass is 9.93. The molecule has 3 atom stereocenters. The summed E-state index contributed by atoms with van der Waals surface area (Å²) in [6.07, 6.45) is 0.314. The topological polar surface area (TPSA) is 62.2 Å². The molecular formula is C12H22N2O4. The highest BCUT2D eigenvalue weighted by Crippen LogP contribution is 2.34. The summed E-state index contributed by atoms with van der Waals surface area (Å²) in [5.41, 5.74) is 0. The van der Waals surface area contributed by atoms with Crippen LogP contribution in [0.3, 0.4) is 0 Å². The number of hydrogen-bond donors (Lipinski definition) is 1. The van der Waals surface area contributed by atoms with Crippen LogP contribution in [0.2, 0.25) is 0 Å². The number of nitrogens with zero attached hydrogens (tertiary/aromatic N) is 2. The van der Waals surface area contributed by atoms with Crippen molar-refractivity contribution < 1.29 is 19.4 Å². The van der Waals surface area contributed by atoms with Crippen LogP contribution in [0.1, 0.15) is 20.3 Å². The summed E-state index contributed by atoms with van der Waals surface area (Å²) in [6, 6.07) is -0.0728. The molecule has 0 aromatic heterocycles. The highest BCUT2D eigenvalue weighted by Gasteiger charge is 2.50. The Kier molecular flexibility index (Phi) is 3.64. The van der Waals surface area contributed by atoms with Crippen LogP contribution < -0.4 is 0 Å². The molecule has 1 N–H and O–H groups in total. The zero-order chi connectivity index (χ0) is 13.5. The van der Waals surface area contributed by atoms with E-state index in [1.165, 1.54) is 0 Å². The number of carbonyl (C=O) groups excluding carboxylic acids is 1. The van der Waals surface area contributed by atoms with E-state index in [0.29, 0.717) is 13.0 Å². The minimum atomic E-state index is -0.598. The van der Waals surface area contributed by atoms with Crippen LogP contribution in [-0.4, -0.2) is 66.3 Å². The van der Waals surface area contributed by atoms with Crippen molar-refractivity contribution in [1.29, 1.82) is 0 Å². The average Bonchev–Trinajstić information content (AvgIpc) is 2.74. The third-order valence-electron chi connectivity index (χ3n) is 3.80. The number of rotatable bonds is 3. The summed E-state index contributed by atoms with van der Waals surface area (Å²) < 4.78 is 11.4. The van der Waals surface area contributed by atoms with Gasteiger partial charge in [0.2, 0.25) is 5.91 Å². The van der Waals surface area contributed by atoms with Gasteiger partial charge in [0.05, 0.1) is 18.6 Å². The van der Waals surface area contributed by atoms with E-state index in [-0.39, 0.29) is 30.6 Å². The molecule has 0 spiro atoms. The maximum absolute atomic E-state index is 12.1. The first-order chi connectivity index (χ1) is 8.37. The van der Waals surface area contributed by atoms with Gasteiger partial charge in [-0.05, 0) is 20.3 Å². The third kappa shape index (κ3) is 2.25. The molecule has 1 unspecified atom stereocenters. The van der Waals surface area contributed by atoms with E-state index in [1.807, 2.05) is 25.9 Å². The molecule has 0 aliphatic carbocycles. The van der Waals surface area contributed by atoms with E-state index in [1.54, 1.807) is 12.1 Å². The van der Waals surface area contributed by atoms with Gasteiger partial charge in [-0.15, -0.1) is 0 Å². The predicted octanol–water partition coefficient (Wildman–Crippen LogP) is -0.176. The van der Waals surface area contributed by atoms with Crippen LogP contribution in [0.5, 0.6) is 0 Å². The molecule has 6 nitrogen and oxygen atoms in total. The summed E-state index contributed by atoms with van der Waals surface area (Å²) in [4.78, 5) is 12.1. The highest BCUT2D eigenvalue weighted by atomic mass is 16.7. The first-order valence-corrected chi connectivity index (χ1v) is 6.30. The molecule has 0 aromatic rings. The molecule has 6 heteroatoms. The largest absolute Gasteiger partial charge is 0.396 e. The molecule has 2 saturated heterocycles. The quantitative estimate of drug-likeness (QED) is 0.761. The number of aliphatic hydroxyl groups excluding tert-OH is 1. The van der Waals surface area contributed by atoms with E-state index in [2.05, 4.69) is 0 Å². The van der Waals surface area contributed by atoms with Crippen molar-refractivity contribution >= 4 is 5.91 Å². The maximum Gasteiger partial charge on any atom is 0.241 e. The molecule has 18 heavy (non-hydrogen) atoms. The minimum absolute atomic E-state index is 0.00551. The zero-order valence-corrected chi connectivity index (χ0v) is 11.4. The van der Waals surface area contributed by atoms with Gasteiger partial charge in [0.1, 0.15) is 6.10 Å². The Balaban J connectivity index is 2.16. The number of aliphatic hydroxyl groups is 1. The number of hydrogen-bond acceptors (Lipinski definition) is 5. The molecule has 1 amide bonds. The fraction of sp³-hybridized carbons (Fsp3) is 0.917.